The Labute approximate surface area is 131 Å². The molecular weight excluding hydrogens is 400 g/mol. The van der Waals surface area contributed by atoms with Gasteiger partial charge in [0.15, 0.2) is 0 Å². The maximum Gasteiger partial charge on any atom is 0.225 e. The molecule has 1 N–H and O–H groups in total. The van der Waals surface area contributed by atoms with Crippen LogP contribution in [-0.4, -0.2) is 9.97 Å². The van der Waals surface area contributed by atoms with Crippen LogP contribution in [0.15, 0.2) is 29.6 Å². The zero-order valence-corrected chi connectivity index (χ0v) is 13.1. The predicted octanol–water partition coefficient (Wildman–Crippen LogP) is 4.83. The van der Waals surface area contributed by atoms with Gasteiger partial charge < -0.3 is 5.32 Å². The fourth-order valence-electron chi connectivity index (χ4n) is 1.64. The van der Waals surface area contributed by atoms with Crippen molar-refractivity contribution < 1.29 is 4.39 Å². The van der Waals surface area contributed by atoms with Crippen LogP contribution in [0.3, 0.4) is 0 Å². The van der Waals surface area contributed by atoms with Crippen molar-refractivity contribution in [3.8, 4) is 0 Å². The minimum absolute atomic E-state index is 0.189. The van der Waals surface area contributed by atoms with E-state index in [0.29, 0.717) is 5.82 Å². The summed E-state index contributed by atoms with van der Waals surface area (Å²) >= 11 is 9.46. The average Bonchev–Trinajstić information content (AvgIpc) is 2.80. The molecule has 0 spiro atoms. The summed E-state index contributed by atoms with van der Waals surface area (Å²) < 4.78 is 13.8. The van der Waals surface area contributed by atoms with Crippen LogP contribution < -0.4 is 5.32 Å². The number of aromatic nitrogens is 2. The molecule has 0 saturated heterocycles. The Kier molecular flexibility index (Phi) is 3.55. The Hall–Kier alpha value is -0.990. The van der Waals surface area contributed by atoms with Crippen LogP contribution in [0.25, 0.3) is 10.2 Å². The fraction of sp³-hybridized carbons (Fsp3) is 0. The molecule has 0 amide bonds. The van der Waals surface area contributed by atoms with Gasteiger partial charge in [0.2, 0.25) is 5.28 Å². The summed E-state index contributed by atoms with van der Waals surface area (Å²) in [5, 5.41) is 6.18. The molecule has 0 fully saturated rings. The summed E-state index contributed by atoms with van der Waals surface area (Å²) in [5.74, 6) is 0.358. The topological polar surface area (TPSA) is 37.8 Å². The van der Waals surface area contributed by atoms with Gasteiger partial charge in [-0.15, -0.1) is 11.3 Å². The van der Waals surface area contributed by atoms with Crippen molar-refractivity contribution >= 4 is 67.3 Å². The third-order valence-corrected chi connectivity index (χ3v) is 4.35. The standard InChI is InChI=1S/C12H6ClFIN3S/c13-12-17-10(7-3-4-19-11(7)18-12)16-9-2-1-6(14)5-8(9)15/h1-5H,(H,16,17,18). The highest BCUT2D eigenvalue weighted by molar-refractivity contribution is 14.1. The third-order valence-electron chi connectivity index (χ3n) is 2.48. The highest BCUT2D eigenvalue weighted by atomic mass is 127. The molecule has 0 aliphatic heterocycles. The lowest BCUT2D eigenvalue weighted by Gasteiger charge is -2.09. The van der Waals surface area contributed by atoms with Crippen LogP contribution in [0, 0.1) is 9.39 Å². The van der Waals surface area contributed by atoms with Gasteiger partial charge >= 0.3 is 0 Å². The number of halogens is 3. The predicted molar refractivity (Wildman–Crippen MR) is 84.8 cm³/mol. The molecule has 0 aliphatic rings. The number of thiophene rings is 1. The van der Waals surface area contributed by atoms with E-state index in [4.69, 9.17) is 11.6 Å². The first-order chi connectivity index (χ1) is 9.13. The molecule has 0 atom stereocenters. The first kappa shape index (κ1) is 13.0. The first-order valence-corrected chi connectivity index (χ1v) is 7.60. The number of nitrogens with zero attached hydrogens (tertiary/aromatic N) is 2. The van der Waals surface area contributed by atoms with Crippen molar-refractivity contribution in [2.24, 2.45) is 0 Å². The summed E-state index contributed by atoms with van der Waals surface area (Å²) in [4.78, 5) is 9.15. The number of anilines is 2. The normalized spacial score (nSPS) is 10.9. The van der Waals surface area contributed by atoms with E-state index in [1.165, 1.54) is 23.5 Å². The molecule has 1 aromatic carbocycles. The fourth-order valence-corrected chi connectivity index (χ4v) is 3.24. The molecule has 3 rings (SSSR count). The zero-order valence-electron chi connectivity index (χ0n) is 9.32. The molecule has 3 nitrogen and oxygen atoms in total. The van der Waals surface area contributed by atoms with E-state index in [0.717, 1.165) is 19.5 Å². The van der Waals surface area contributed by atoms with E-state index in [1.54, 1.807) is 6.07 Å². The molecule has 0 unspecified atom stereocenters. The van der Waals surface area contributed by atoms with Gasteiger partial charge in [-0.2, -0.15) is 4.98 Å². The van der Waals surface area contributed by atoms with Crippen LogP contribution >= 0.6 is 45.5 Å². The maximum atomic E-state index is 13.1. The average molecular weight is 406 g/mol. The maximum absolute atomic E-state index is 13.1. The molecule has 7 heteroatoms. The summed E-state index contributed by atoms with van der Waals surface area (Å²) in [7, 11) is 0. The van der Waals surface area contributed by atoms with Gasteiger partial charge in [0.25, 0.3) is 0 Å². The summed E-state index contributed by atoms with van der Waals surface area (Å²) in [6, 6.07) is 6.45. The molecule has 0 saturated carbocycles. The first-order valence-electron chi connectivity index (χ1n) is 5.26. The SMILES string of the molecule is Fc1ccc(Nc2nc(Cl)nc3sccc23)c(I)c1. The van der Waals surface area contributed by atoms with E-state index in [9.17, 15) is 4.39 Å². The van der Waals surface area contributed by atoms with Gasteiger partial charge in [0.05, 0.1) is 11.1 Å². The Morgan fingerprint density at radius 1 is 1.26 bits per heavy atom. The molecule has 0 radical (unpaired) electrons. The van der Waals surface area contributed by atoms with E-state index in [2.05, 4.69) is 37.9 Å². The van der Waals surface area contributed by atoms with Crippen molar-refractivity contribution in [2.45, 2.75) is 0 Å². The molecule has 2 aromatic heterocycles. The number of benzene rings is 1. The molecule has 3 aromatic rings. The van der Waals surface area contributed by atoms with Gasteiger partial charge in [0, 0.05) is 3.57 Å². The largest absolute Gasteiger partial charge is 0.339 e. The summed E-state index contributed by atoms with van der Waals surface area (Å²) in [5.41, 5.74) is 0.782. The number of rotatable bonds is 2. The van der Waals surface area contributed by atoms with Crippen molar-refractivity contribution in [3.63, 3.8) is 0 Å². The minimum Gasteiger partial charge on any atom is -0.339 e. The lowest BCUT2D eigenvalue weighted by molar-refractivity contribution is 0.627. The second-order valence-electron chi connectivity index (χ2n) is 3.73. The summed E-state index contributed by atoms with van der Waals surface area (Å²) in [6.07, 6.45) is 0. The highest BCUT2D eigenvalue weighted by Crippen LogP contribution is 2.30. The van der Waals surface area contributed by atoms with Crippen LogP contribution in [0.2, 0.25) is 5.28 Å². The van der Waals surface area contributed by atoms with E-state index >= 15 is 0 Å². The Morgan fingerprint density at radius 3 is 2.89 bits per heavy atom. The van der Waals surface area contributed by atoms with Gasteiger partial charge in [-0.05, 0) is 63.8 Å². The van der Waals surface area contributed by atoms with Crippen LogP contribution in [-0.2, 0) is 0 Å². The Morgan fingerprint density at radius 2 is 2.11 bits per heavy atom. The van der Waals surface area contributed by atoms with Gasteiger partial charge in [0.1, 0.15) is 16.5 Å². The Bertz CT molecular complexity index is 762. The highest BCUT2D eigenvalue weighted by Gasteiger charge is 2.09. The van der Waals surface area contributed by atoms with Gasteiger partial charge in [-0.3, -0.25) is 0 Å². The minimum atomic E-state index is -0.267. The van der Waals surface area contributed by atoms with Crippen molar-refractivity contribution in [1.29, 1.82) is 0 Å². The van der Waals surface area contributed by atoms with E-state index in [1.807, 2.05) is 11.4 Å². The molecule has 0 aliphatic carbocycles. The number of hydrogen-bond acceptors (Lipinski definition) is 4. The van der Waals surface area contributed by atoms with Crippen molar-refractivity contribution in [3.05, 3.63) is 44.3 Å². The Balaban J connectivity index is 2.07. The number of nitrogens with one attached hydrogen (secondary N) is 1. The van der Waals surface area contributed by atoms with Crippen LogP contribution in [0.5, 0.6) is 0 Å². The second kappa shape index (κ2) is 5.18. The second-order valence-corrected chi connectivity index (χ2v) is 6.12. The van der Waals surface area contributed by atoms with Crippen molar-refractivity contribution in [2.75, 3.05) is 5.32 Å². The molecule has 0 bridgehead atoms. The smallest absolute Gasteiger partial charge is 0.225 e. The van der Waals surface area contributed by atoms with Crippen LogP contribution in [0.4, 0.5) is 15.9 Å². The van der Waals surface area contributed by atoms with Crippen molar-refractivity contribution in [1.82, 2.24) is 9.97 Å². The zero-order chi connectivity index (χ0) is 13.4. The van der Waals surface area contributed by atoms with E-state index < -0.39 is 0 Å². The summed E-state index contributed by atoms with van der Waals surface area (Å²) in [6.45, 7) is 0. The molecule has 2 heterocycles. The molecule has 96 valence electrons. The molecular formula is C12H6ClFIN3S. The number of fused-ring (bicyclic) bond motifs is 1. The van der Waals surface area contributed by atoms with Crippen LogP contribution in [0.1, 0.15) is 0 Å². The van der Waals surface area contributed by atoms with Gasteiger partial charge in [-0.25, -0.2) is 9.37 Å². The van der Waals surface area contributed by atoms with E-state index in [-0.39, 0.29) is 11.1 Å². The lowest BCUT2D eigenvalue weighted by Crippen LogP contribution is -1.98. The quantitative estimate of drug-likeness (QED) is 0.490. The lowest BCUT2D eigenvalue weighted by atomic mass is 10.3. The monoisotopic (exact) mass is 405 g/mol. The van der Waals surface area contributed by atoms with Gasteiger partial charge in [-0.1, -0.05) is 0 Å². The third kappa shape index (κ3) is 2.65. The molecule has 19 heavy (non-hydrogen) atoms. The number of hydrogen-bond donors (Lipinski definition) is 1.